The lowest BCUT2D eigenvalue weighted by Crippen LogP contribution is -2.31. The second-order valence-electron chi connectivity index (χ2n) is 3.68. The van der Waals surface area contributed by atoms with Crippen molar-refractivity contribution in [2.45, 2.75) is 25.1 Å². The number of ether oxygens (including phenoxy) is 1. The molecule has 0 fully saturated rings. The summed E-state index contributed by atoms with van der Waals surface area (Å²) in [6, 6.07) is 5.78. The minimum Gasteiger partial charge on any atom is -0.478 e. The summed E-state index contributed by atoms with van der Waals surface area (Å²) in [5.74, 6) is 1.39. The van der Waals surface area contributed by atoms with E-state index in [-0.39, 0.29) is 17.9 Å². The van der Waals surface area contributed by atoms with Gasteiger partial charge in [-0.05, 0) is 26.2 Å². The van der Waals surface area contributed by atoms with Crippen LogP contribution in [0.15, 0.2) is 18.2 Å². The van der Waals surface area contributed by atoms with E-state index in [2.05, 4.69) is 10.3 Å². The number of anilines is 1. The van der Waals surface area contributed by atoms with Gasteiger partial charge in [0.15, 0.2) is 0 Å². The molecule has 2 unspecified atom stereocenters. The van der Waals surface area contributed by atoms with Gasteiger partial charge in [0, 0.05) is 17.4 Å². The van der Waals surface area contributed by atoms with E-state index in [4.69, 9.17) is 4.74 Å². The Bertz CT molecular complexity index is 332. The van der Waals surface area contributed by atoms with Gasteiger partial charge in [0.25, 0.3) is 0 Å². The average Bonchev–Trinajstić information content (AvgIpc) is 2.31. The molecule has 4 nitrogen and oxygen atoms in total. The van der Waals surface area contributed by atoms with Gasteiger partial charge in [-0.3, -0.25) is 0 Å². The molecular formula is C12H20N2O2S. The van der Waals surface area contributed by atoms with Crippen LogP contribution in [0.1, 0.15) is 13.8 Å². The molecule has 0 saturated carbocycles. The van der Waals surface area contributed by atoms with Crippen molar-refractivity contribution in [3.8, 4) is 5.88 Å². The number of hydrogen-bond donors (Lipinski definition) is 2. The Morgan fingerprint density at radius 1 is 1.53 bits per heavy atom. The predicted octanol–water partition coefficient (Wildman–Crippen LogP) is 2.00. The van der Waals surface area contributed by atoms with E-state index in [0.717, 1.165) is 5.82 Å². The Labute approximate surface area is 107 Å². The molecule has 17 heavy (non-hydrogen) atoms. The molecule has 1 rings (SSSR count). The third-order valence-electron chi connectivity index (χ3n) is 2.43. The van der Waals surface area contributed by atoms with Gasteiger partial charge < -0.3 is 15.2 Å². The molecule has 0 aliphatic carbocycles. The Balaban J connectivity index is 2.63. The Hall–Kier alpha value is -0.940. The number of aliphatic hydroxyl groups is 1. The number of rotatable bonds is 7. The minimum atomic E-state index is 0.152. The van der Waals surface area contributed by atoms with E-state index in [0.29, 0.717) is 12.5 Å². The molecule has 0 aliphatic heterocycles. The second kappa shape index (κ2) is 7.40. The van der Waals surface area contributed by atoms with Crippen molar-refractivity contribution in [3.05, 3.63) is 18.2 Å². The lowest BCUT2D eigenvalue weighted by Gasteiger charge is -2.21. The van der Waals surface area contributed by atoms with Crippen molar-refractivity contribution in [1.82, 2.24) is 4.98 Å². The number of nitrogens with zero attached hydrogens (tertiary/aromatic N) is 1. The summed E-state index contributed by atoms with van der Waals surface area (Å²) in [6.45, 7) is 4.73. The fourth-order valence-electron chi connectivity index (χ4n) is 1.49. The molecule has 0 aromatic carbocycles. The van der Waals surface area contributed by atoms with Crippen molar-refractivity contribution >= 4 is 17.6 Å². The van der Waals surface area contributed by atoms with Crippen LogP contribution >= 0.6 is 11.8 Å². The van der Waals surface area contributed by atoms with E-state index < -0.39 is 0 Å². The normalized spacial score (nSPS) is 14.1. The highest BCUT2D eigenvalue weighted by molar-refractivity contribution is 7.99. The first-order valence-corrected chi connectivity index (χ1v) is 7.00. The fraction of sp³-hybridized carbons (Fsp3) is 0.583. The van der Waals surface area contributed by atoms with E-state index in [1.54, 1.807) is 11.8 Å². The van der Waals surface area contributed by atoms with E-state index >= 15 is 0 Å². The molecule has 0 aliphatic rings. The van der Waals surface area contributed by atoms with Crippen LogP contribution in [0.5, 0.6) is 5.88 Å². The van der Waals surface area contributed by atoms with E-state index in [1.165, 1.54) is 0 Å². The zero-order valence-electron chi connectivity index (χ0n) is 10.5. The summed E-state index contributed by atoms with van der Waals surface area (Å²) in [4.78, 5) is 4.33. The predicted molar refractivity (Wildman–Crippen MR) is 72.9 cm³/mol. The van der Waals surface area contributed by atoms with Gasteiger partial charge in [-0.1, -0.05) is 6.07 Å². The highest BCUT2D eigenvalue weighted by Crippen LogP contribution is 2.17. The molecule has 2 atom stereocenters. The van der Waals surface area contributed by atoms with Crippen molar-refractivity contribution < 1.29 is 9.84 Å². The summed E-state index contributed by atoms with van der Waals surface area (Å²) in [7, 11) is 0. The molecule has 0 amide bonds. The first kappa shape index (κ1) is 14.1. The topological polar surface area (TPSA) is 54.4 Å². The van der Waals surface area contributed by atoms with Gasteiger partial charge in [-0.25, -0.2) is 0 Å². The van der Waals surface area contributed by atoms with Crippen molar-refractivity contribution in [2.24, 2.45) is 0 Å². The molecular weight excluding hydrogens is 236 g/mol. The first-order valence-electron chi connectivity index (χ1n) is 5.71. The van der Waals surface area contributed by atoms with Crippen LogP contribution in [0.25, 0.3) is 0 Å². The van der Waals surface area contributed by atoms with Gasteiger partial charge in [-0.15, -0.1) is 0 Å². The first-order chi connectivity index (χ1) is 8.21. The maximum atomic E-state index is 9.21. The van der Waals surface area contributed by atoms with Crippen LogP contribution < -0.4 is 10.1 Å². The Morgan fingerprint density at radius 3 is 2.88 bits per heavy atom. The monoisotopic (exact) mass is 256 g/mol. The van der Waals surface area contributed by atoms with Gasteiger partial charge >= 0.3 is 0 Å². The highest BCUT2D eigenvalue weighted by Gasteiger charge is 2.15. The van der Waals surface area contributed by atoms with Gasteiger partial charge in [0.05, 0.1) is 13.2 Å². The second-order valence-corrected chi connectivity index (χ2v) is 4.76. The van der Waals surface area contributed by atoms with E-state index in [1.807, 2.05) is 38.3 Å². The summed E-state index contributed by atoms with van der Waals surface area (Å²) >= 11 is 1.64. The number of aliphatic hydroxyl groups excluding tert-OH is 1. The molecule has 1 aromatic rings. The third kappa shape index (κ3) is 4.44. The van der Waals surface area contributed by atoms with Crippen molar-refractivity contribution in [1.29, 1.82) is 0 Å². The molecule has 1 heterocycles. The molecule has 5 heteroatoms. The summed E-state index contributed by atoms with van der Waals surface area (Å²) < 4.78 is 5.34. The number of pyridine rings is 1. The lowest BCUT2D eigenvalue weighted by atomic mass is 10.2. The third-order valence-corrected chi connectivity index (χ3v) is 3.59. The maximum Gasteiger partial charge on any atom is 0.215 e. The standard InChI is InChI=1S/C12H20N2O2S/c1-4-16-12-7-5-6-11(14-12)13-9(2)10(8-15)17-3/h5-7,9-10,15H,4,8H2,1-3H3,(H,13,14). The smallest absolute Gasteiger partial charge is 0.215 e. The van der Waals surface area contributed by atoms with Crippen LogP contribution in [-0.4, -0.2) is 40.9 Å². The molecule has 1 aromatic heterocycles. The van der Waals surface area contributed by atoms with Gasteiger partial charge in [0.2, 0.25) is 5.88 Å². The van der Waals surface area contributed by atoms with Crippen molar-refractivity contribution in [2.75, 3.05) is 24.8 Å². The fourth-order valence-corrected chi connectivity index (χ4v) is 2.11. The Morgan fingerprint density at radius 2 is 2.29 bits per heavy atom. The quantitative estimate of drug-likeness (QED) is 0.781. The number of aromatic nitrogens is 1. The SMILES string of the molecule is CCOc1cccc(NC(C)C(CO)SC)n1. The number of thioether (sulfide) groups is 1. The molecule has 96 valence electrons. The number of hydrogen-bond acceptors (Lipinski definition) is 5. The van der Waals surface area contributed by atoms with Gasteiger partial charge in [-0.2, -0.15) is 16.7 Å². The Kier molecular flexibility index (Phi) is 6.15. The molecule has 0 saturated heterocycles. The molecule has 0 spiro atoms. The van der Waals surface area contributed by atoms with Gasteiger partial charge in [0.1, 0.15) is 5.82 Å². The molecule has 0 bridgehead atoms. The summed E-state index contributed by atoms with van der Waals surface area (Å²) in [5.41, 5.74) is 0. The summed E-state index contributed by atoms with van der Waals surface area (Å²) in [6.07, 6.45) is 1.99. The molecule has 0 radical (unpaired) electrons. The van der Waals surface area contributed by atoms with Crippen LogP contribution in [0.2, 0.25) is 0 Å². The van der Waals surface area contributed by atoms with E-state index in [9.17, 15) is 5.11 Å². The summed E-state index contributed by atoms with van der Waals surface area (Å²) in [5, 5.41) is 12.6. The van der Waals surface area contributed by atoms with Crippen LogP contribution in [0.3, 0.4) is 0 Å². The minimum absolute atomic E-state index is 0.152. The van der Waals surface area contributed by atoms with Crippen molar-refractivity contribution in [3.63, 3.8) is 0 Å². The maximum absolute atomic E-state index is 9.21. The van der Waals surface area contributed by atoms with Crippen LogP contribution in [0.4, 0.5) is 5.82 Å². The van der Waals surface area contributed by atoms with Crippen LogP contribution in [-0.2, 0) is 0 Å². The molecule has 2 N–H and O–H groups in total. The zero-order valence-corrected chi connectivity index (χ0v) is 11.3. The van der Waals surface area contributed by atoms with Crippen LogP contribution in [0, 0.1) is 0 Å². The largest absolute Gasteiger partial charge is 0.478 e. The number of nitrogens with one attached hydrogen (secondary N) is 1. The zero-order chi connectivity index (χ0) is 12.7. The average molecular weight is 256 g/mol. The highest BCUT2D eigenvalue weighted by atomic mass is 32.2. The lowest BCUT2D eigenvalue weighted by molar-refractivity contribution is 0.288.